The number of rotatable bonds is 4. The van der Waals surface area contributed by atoms with Crippen LogP contribution in [-0.4, -0.2) is 29.0 Å². The fourth-order valence-electron chi connectivity index (χ4n) is 1.66. The summed E-state index contributed by atoms with van der Waals surface area (Å²) in [7, 11) is 3.36. The van der Waals surface area contributed by atoms with Gasteiger partial charge in [0, 0.05) is 24.8 Å². The summed E-state index contributed by atoms with van der Waals surface area (Å²) in [5, 5.41) is 14.7. The van der Waals surface area contributed by atoms with Crippen molar-refractivity contribution in [3.63, 3.8) is 0 Å². The topological polar surface area (TPSA) is 84.2 Å². The Morgan fingerprint density at radius 3 is 2.70 bits per heavy atom. The van der Waals surface area contributed by atoms with Crippen LogP contribution in [-0.2, 0) is 0 Å². The maximum Gasteiger partial charge on any atom is 0.353 e. The highest BCUT2D eigenvalue weighted by Crippen LogP contribution is 2.32. The van der Waals surface area contributed by atoms with Crippen LogP contribution in [0.4, 0.5) is 23.0 Å². The number of anilines is 3. The highest BCUT2D eigenvalue weighted by Gasteiger charge is 2.24. The summed E-state index contributed by atoms with van der Waals surface area (Å²) in [5.41, 5.74) is 0.432. The van der Waals surface area contributed by atoms with E-state index in [9.17, 15) is 10.1 Å². The van der Waals surface area contributed by atoms with Crippen molar-refractivity contribution in [2.75, 3.05) is 24.3 Å². The van der Waals surface area contributed by atoms with Gasteiger partial charge in [0.1, 0.15) is 6.33 Å². The number of nitro groups is 1. The molecule has 0 fully saturated rings. The van der Waals surface area contributed by atoms with Gasteiger partial charge >= 0.3 is 5.69 Å². The Morgan fingerprint density at radius 1 is 1.35 bits per heavy atom. The predicted octanol–water partition coefficient (Wildman–Crippen LogP) is 2.85. The molecule has 0 aliphatic heterocycles. The minimum Gasteiger partial charge on any atom is -0.357 e. The number of halogens is 1. The minimum absolute atomic E-state index is 0.121. The fourth-order valence-corrected chi connectivity index (χ4v) is 1.85. The molecule has 0 unspecified atom stereocenters. The molecule has 0 atom stereocenters. The van der Waals surface area contributed by atoms with Crippen molar-refractivity contribution >= 4 is 34.6 Å². The lowest BCUT2D eigenvalue weighted by Crippen LogP contribution is -2.14. The SMILES string of the molecule is CN(C)c1ncnc(Nc2cccc(Cl)c2)c1[N+](=O)[O-]. The van der Waals surface area contributed by atoms with Crippen LogP contribution in [0.15, 0.2) is 30.6 Å². The van der Waals surface area contributed by atoms with Gasteiger partial charge in [-0.25, -0.2) is 9.97 Å². The van der Waals surface area contributed by atoms with E-state index in [-0.39, 0.29) is 17.3 Å². The number of hydrogen-bond acceptors (Lipinski definition) is 6. The van der Waals surface area contributed by atoms with Crippen molar-refractivity contribution in [1.29, 1.82) is 0 Å². The van der Waals surface area contributed by atoms with Crippen molar-refractivity contribution in [2.24, 2.45) is 0 Å². The molecule has 0 aliphatic rings. The molecule has 0 aliphatic carbocycles. The van der Waals surface area contributed by atoms with E-state index in [1.165, 1.54) is 6.33 Å². The zero-order valence-electron chi connectivity index (χ0n) is 10.9. The second-order valence-corrected chi connectivity index (χ2v) is 4.62. The molecule has 2 aromatic rings. The van der Waals surface area contributed by atoms with Gasteiger partial charge in [-0.15, -0.1) is 0 Å². The number of nitrogens with one attached hydrogen (secondary N) is 1. The van der Waals surface area contributed by atoms with Crippen LogP contribution in [0.25, 0.3) is 0 Å². The zero-order valence-corrected chi connectivity index (χ0v) is 11.6. The number of aromatic nitrogens is 2. The molecular formula is C12H12ClN5O2. The van der Waals surface area contributed by atoms with Gasteiger partial charge in [0.25, 0.3) is 0 Å². The maximum absolute atomic E-state index is 11.2. The second kappa shape index (κ2) is 5.70. The Morgan fingerprint density at radius 2 is 2.10 bits per heavy atom. The number of nitrogens with zero attached hydrogens (tertiary/aromatic N) is 4. The molecule has 1 aromatic carbocycles. The lowest BCUT2D eigenvalue weighted by Gasteiger charge is -2.13. The Labute approximate surface area is 120 Å². The van der Waals surface area contributed by atoms with Gasteiger partial charge < -0.3 is 10.2 Å². The van der Waals surface area contributed by atoms with Crippen molar-refractivity contribution < 1.29 is 4.92 Å². The first-order valence-corrected chi connectivity index (χ1v) is 6.06. The average Bonchev–Trinajstić information content (AvgIpc) is 2.38. The van der Waals surface area contributed by atoms with Crippen LogP contribution in [0.3, 0.4) is 0 Å². The van der Waals surface area contributed by atoms with Crippen LogP contribution in [0.1, 0.15) is 0 Å². The lowest BCUT2D eigenvalue weighted by molar-refractivity contribution is -0.383. The van der Waals surface area contributed by atoms with Gasteiger partial charge in [-0.05, 0) is 18.2 Å². The van der Waals surface area contributed by atoms with Gasteiger partial charge in [0.15, 0.2) is 0 Å². The van der Waals surface area contributed by atoms with Crippen molar-refractivity contribution in [2.45, 2.75) is 0 Å². The molecule has 2 rings (SSSR count). The molecule has 1 heterocycles. The Kier molecular flexibility index (Phi) is 3.99. The van der Waals surface area contributed by atoms with Crippen LogP contribution in [0.2, 0.25) is 5.02 Å². The third kappa shape index (κ3) is 2.94. The number of benzene rings is 1. The van der Waals surface area contributed by atoms with E-state index in [1.807, 2.05) is 0 Å². The molecular weight excluding hydrogens is 282 g/mol. The Bertz CT molecular complexity index is 647. The molecule has 8 heteroatoms. The van der Waals surface area contributed by atoms with Gasteiger partial charge in [0.2, 0.25) is 11.6 Å². The average molecular weight is 294 g/mol. The van der Waals surface area contributed by atoms with Gasteiger partial charge in [0.05, 0.1) is 4.92 Å². The maximum atomic E-state index is 11.2. The van der Waals surface area contributed by atoms with Crippen LogP contribution >= 0.6 is 11.6 Å². The van der Waals surface area contributed by atoms with E-state index in [1.54, 1.807) is 43.3 Å². The Hall–Kier alpha value is -2.41. The molecule has 1 aromatic heterocycles. The second-order valence-electron chi connectivity index (χ2n) is 4.18. The quantitative estimate of drug-likeness (QED) is 0.689. The summed E-state index contributed by atoms with van der Waals surface area (Å²) in [6, 6.07) is 6.85. The van der Waals surface area contributed by atoms with Crippen molar-refractivity contribution in [3.8, 4) is 0 Å². The molecule has 0 spiro atoms. The summed E-state index contributed by atoms with van der Waals surface area (Å²) in [6.45, 7) is 0. The van der Waals surface area contributed by atoms with Gasteiger partial charge in [-0.2, -0.15) is 0 Å². The lowest BCUT2D eigenvalue weighted by atomic mass is 10.3. The molecule has 7 nitrogen and oxygen atoms in total. The first-order chi connectivity index (χ1) is 9.49. The molecule has 0 bridgehead atoms. The zero-order chi connectivity index (χ0) is 14.7. The van der Waals surface area contributed by atoms with E-state index in [0.717, 1.165) is 0 Å². The summed E-state index contributed by atoms with van der Waals surface area (Å²) >= 11 is 5.88. The molecule has 0 amide bonds. The molecule has 0 saturated heterocycles. The first-order valence-electron chi connectivity index (χ1n) is 5.68. The third-order valence-corrected chi connectivity index (χ3v) is 2.73. The summed E-state index contributed by atoms with van der Waals surface area (Å²) in [4.78, 5) is 20.1. The Balaban J connectivity index is 2.46. The largest absolute Gasteiger partial charge is 0.357 e. The standard InChI is InChI=1S/C12H12ClN5O2/c1-17(2)12-10(18(19)20)11(14-7-15-12)16-9-5-3-4-8(13)6-9/h3-7H,1-2H3,(H,14,15,16). The minimum atomic E-state index is -0.512. The summed E-state index contributed by atoms with van der Waals surface area (Å²) in [6.07, 6.45) is 1.27. The van der Waals surface area contributed by atoms with Crippen molar-refractivity contribution in [1.82, 2.24) is 9.97 Å². The predicted molar refractivity (Wildman–Crippen MR) is 77.7 cm³/mol. The third-order valence-electron chi connectivity index (χ3n) is 2.50. The van der Waals surface area contributed by atoms with Crippen molar-refractivity contribution in [3.05, 3.63) is 45.7 Å². The van der Waals surface area contributed by atoms with Crippen LogP contribution in [0.5, 0.6) is 0 Å². The molecule has 104 valence electrons. The fraction of sp³-hybridized carbons (Fsp3) is 0.167. The molecule has 20 heavy (non-hydrogen) atoms. The molecule has 0 radical (unpaired) electrons. The van der Waals surface area contributed by atoms with Gasteiger partial charge in [-0.1, -0.05) is 17.7 Å². The normalized spacial score (nSPS) is 10.2. The van der Waals surface area contributed by atoms with E-state index in [0.29, 0.717) is 10.7 Å². The van der Waals surface area contributed by atoms with Crippen LogP contribution < -0.4 is 10.2 Å². The highest BCUT2D eigenvalue weighted by molar-refractivity contribution is 6.30. The van der Waals surface area contributed by atoms with E-state index in [4.69, 9.17) is 11.6 Å². The summed E-state index contributed by atoms with van der Waals surface area (Å²) in [5.74, 6) is 0.352. The smallest absolute Gasteiger partial charge is 0.353 e. The van der Waals surface area contributed by atoms with E-state index in [2.05, 4.69) is 15.3 Å². The van der Waals surface area contributed by atoms with E-state index < -0.39 is 4.92 Å². The number of hydrogen-bond donors (Lipinski definition) is 1. The van der Waals surface area contributed by atoms with Crippen LogP contribution in [0, 0.1) is 10.1 Å². The molecule has 1 N–H and O–H groups in total. The monoisotopic (exact) mass is 293 g/mol. The first kappa shape index (κ1) is 14.0. The summed E-state index contributed by atoms with van der Waals surface area (Å²) < 4.78 is 0. The highest BCUT2D eigenvalue weighted by atomic mass is 35.5. The van der Waals surface area contributed by atoms with E-state index >= 15 is 0 Å². The molecule has 0 saturated carbocycles. The van der Waals surface area contributed by atoms with Gasteiger partial charge in [-0.3, -0.25) is 10.1 Å².